The van der Waals surface area contributed by atoms with E-state index < -0.39 is 0 Å². The van der Waals surface area contributed by atoms with Gasteiger partial charge in [-0.25, -0.2) is 0 Å². The lowest BCUT2D eigenvalue weighted by Crippen LogP contribution is -2.30. The summed E-state index contributed by atoms with van der Waals surface area (Å²) in [6.07, 6.45) is 18.5. The van der Waals surface area contributed by atoms with Crippen LogP contribution in [0.5, 0.6) is 0 Å². The van der Waals surface area contributed by atoms with E-state index in [1.54, 1.807) is 0 Å². The third kappa shape index (κ3) is 7.30. The quantitative estimate of drug-likeness (QED) is 0.125. The molecule has 3 aliphatic carbocycles. The molecule has 320 valence electrons. The van der Waals surface area contributed by atoms with E-state index in [2.05, 4.69) is 243 Å². The summed E-state index contributed by atoms with van der Waals surface area (Å²) in [5.41, 5.74) is 24.1. The Morgan fingerprint density at radius 3 is 1.82 bits per heavy atom. The predicted octanol–water partition coefficient (Wildman–Crippen LogP) is 17.8. The second-order valence-electron chi connectivity index (χ2n) is 18.1. The van der Waals surface area contributed by atoms with E-state index in [9.17, 15) is 0 Å². The van der Waals surface area contributed by atoms with Crippen molar-refractivity contribution in [1.82, 2.24) is 0 Å². The Morgan fingerprint density at radius 2 is 1.09 bits per heavy atom. The summed E-state index contributed by atoms with van der Waals surface area (Å²) in [7, 11) is 0. The number of hydrogen-bond acceptors (Lipinski definition) is 1. The SMILES string of the molecule is CCCc1ccccc1-c1c(C)cccc1-c1cccc(N(c2cccc(-c3ccccc3)c2)c2cccc(-c3ccc4c(c3)C3=C(C=CCC3)C4(C3=CCCC=C3)c3ccccc3)c2)c1. The minimum absolute atomic E-state index is 0.332. The molecular weight excluding hydrogens is 795 g/mol. The van der Waals surface area contributed by atoms with Gasteiger partial charge in [-0.05, 0) is 171 Å². The van der Waals surface area contributed by atoms with Crippen LogP contribution >= 0.6 is 0 Å². The normalized spacial score (nSPS) is 16.2. The van der Waals surface area contributed by atoms with Gasteiger partial charge in [0, 0.05) is 17.1 Å². The number of nitrogens with zero attached hydrogens (tertiary/aromatic N) is 1. The van der Waals surface area contributed by atoms with Crippen LogP contribution in [0.4, 0.5) is 17.1 Å². The third-order valence-corrected chi connectivity index (χ3v) is 14.1. The van der Waals surface area contributed by atoms with Crippen LogP contribution in [-0.2, 0) is 11.8 Å². The van der Waals surface area contributed by atoms with Gasteiger partial charge in [-0.2, -0.15) is 0 Å². The van der Waals surface area contributed by atoms with E-state index in [-0.39, 0.29) is 5.41 Å². The van der Waals surface area contributed by atoms with E-state index in [0.29, 0.717) is 0 Å². The molecule has 1 unspecified atom stereocenters. The van der Waals surface area contributed by atoms with E-state index in [1.165, 1.54) is 89.0 Å². The van der Waals surface area contributed by atoms with Crippen molar-refractivity contribution in [2.45, 2.75) is 57.8 Å². The van der Waals surface area contributed by atoms with Gasteiger partial charge in [0.1, 0.15) is 0 Å². The number of rotatable bonds is 11. The molecule has 1 atom stereocenters. The number of fused-ring (bicyclic) bond motifs is 2. The number of benzene rings is 8. The molecule has 0 fully saturated rings. The Balaban J connectivity index is 1.06. The molecule has 0 amide bonds. The zero-order chi connectivity index (χ0) is 44.5. The molecule has 0 bridgehead atoms. The topological polar surface area (TPSA) is 3.24 Å². The first kappa shape index (κ1) is 41.2. The molecule has 0 saturated carbocycles. The minimum atomic E-state index is -0.332. The number of aryl methyl sites for hydroxylation is 2. The van der Waals surface area contributed by atoms with Gasteiger partial charge in [-0.1, -0.05) is 195 Å². The summed E-state index contributed by atoms with van der Waals surface area (Å²) >= 11 is 0. The molecule has 8 aromatic rings. The Morgan fingerprint density at radius 1 is 0.485 bits per heavy atom. The van der Waals surface area contributed by atoms with Gasteiger partial charge in [0.25, 0.3) is 0 Å². The van der Waals surface area contributed by atoms with Crippen molar-refractivity contribution in [3.8, 4) is 44.5 Å². The first-order valence-corrected chi connectivity index (χ1v) is 23.9. The van der Waals surface area contributed by atoms with Gasteiger partial charge >= 0.3 is 0 Å². The third-order valence-electron chi connectivity index (χ3n) is 14.1. The predicted molar refractivity (Wildman–Crippen MR) is 281 cm³/mol. The zero-order valence-electron chi connectivity index (χ0n) is 38.1. The number of allylic oxidation sites excluding steroid dienone is 8. The second kappa shape index (κ2) is 17.8. The standard InChI is InChI=1S/C65H55N/c1-3-21-48-25-13-14-36-58(48)64-46(2)22-17-38-59(64)52-28-20-35-57(44-52)66(55-33-18-26-49(42-55)47-23-7-4-8-24-47)56-34-19-27-50(43-56)51-40-41-63-61(45-51)60-37-15-16-39-62(60)65(63,53-29-9-5-10-30-53)54-31-11-6-12-32-54/h4-5,7-11,13-14,16-20,22-36,38-45H,3,6,12,15,21,37H2,1-2H3. The van der Waals surface area contributed by atoms with Crippen molar-refractivity contribution >= 4 is 22.6 Å². The lowest BCUT2D eigenvalue weighted by molar-refractivity contribution is 0.741. The molecule has 1 nitrogen and oxygen atoms in total. The summed E-state index contributed by atoms with van der Waals surface area (Å²) in [6.45, 7) is 4.53. The maximum absolute atomic E-state index is 2.50. The van der Waals surface area contributed by atoms with Gasteiger partial charge in [0.05, 0.1) is 5.41 Å². The monoisotopic (exact) mass is 849 g/mol. The summed E-state index contributed by atoms with van der Waals surface area (Å²) in [5.74, 6) is 0. The minimum Gasteiger partial charge on any atom is -0.310 e. The molecule has 0 heterocycles. The van der Waals surface area contributed by atoms with Gasteiger partial charge in [-0.3, -0.25) is 0 Å². The first-order valence-electron chi connectivity index (χ1n) is 23.9. The van der Waals surface area contributed by atoms with Crippen molar-refractivity contribution in [1.29, 1.82) is 0 Å². The fraction of sp³-hybridized carbons (Fsp3) is 0.138. The van der Waals surface area contributed by atoms with Crippen LogP contribution in [0, 0.1) is 6.92 Å². The largest absolute Gasteiger partial charge is 0.310 e. The molecule has 11 rings (SSSR count). The fourth-order valence-corrected chi connectivity index (χ4v) is 11.2. The Labute approximate surface area is 391 Å². The lowest BCUT2D eigenvalue weighted by atomic mass is 9.65. The van der Waals surface area contributed by atoms with Crippen molar-refractivity contribution in [2.75, 3.05) is 4.90 Å². The fourth-order valence-electron chi connectivity index (χ4n) is 11.2. The maximum atomic E-state index is 2.50. The van der Waals surface area contributed by atoms with Crippen LogP contribution < -0.4 is 4.90 Å². The van der Waals surface area contributed by atoms with Gasteiger partial charge < -0.3 is 4.90 Å². The molecule has 0 N–H and O–H groups in total. The molecule has 0 spiro atoms. The summed E-state index contributed by atoms with van der Waals surface area (Å²) in [5, 5.41) is 0. The molecule has 0 radical (unpaired) electrons. The molecule has 3 aliphatic rings. The van der Waals surface area contributed by atoms with Crippen molar-refractivity contribution in [3.05, 3.63) is 263 Å². The van der Waals surface area contributed by atoms with E-state index in [4.69, 9.17) is 0 Å². The summed E-state index contributed by atoms with van der Waals surface area (Å²) in [6, 6.07) is 72.4. The molecule has 0 aliphatic heterocycles. The van der Waals surface area contributed by atoms with Gasteiger partial charge in [0.15, 0.2) is 0 Å². The summed E-state index contributed by atoms with van der Waals surface area (Å²) in [4.78, 5) is 2.45. The number of anilines is 3. The van der Waals surface area contributed by atoms with Crippen LogP contribution in [-0.4, -0.2) is 0 Å². The molecule has 8 aromatic carbocycles. The molecule has 1 heteroatoms. The van der Waals surface area contributed by atoms with Crippen molar-refractivity contribution in [2.24, 2.45) is 0 Å². The van der Waals surface area contributed by atoms with Crippen LogP contribution in [0.15, 0.2) is 236 Å². The highest BCUT2D eigenvalue weighted by molar-refractivity contribution is 5.92. The molecule has 0 aromatic heterocycles. The molecular formula is C65H55N. The van der Waals surface area contributed by atoms with E-state index >= 15 is 0 Å². The zero-order valence-corrected chi connectivity index (χ0v) is 38.1. The number of hydrogen-bond donors (Lipinski definition) is 0. The van der Waals surface area contributed by atoms with E-state index in [1.807, 2.05) is 0 Å². The van der Waals surface area contributed by atoms with E-state index in [0.717, 1.165) is 55.6 Å². The molecule has 0 saturated heterocycles. The average molecular weight is 850 g/mol. The smallest absolute Gasteiger partial charge is 0.0707 e. The van der Waals surface area contributed by atoms with Crippen LogP contribution in [0.3, 0.4) is 0 Å². The van der Waals surface area contributed by atoms with Gasteiger partial charge in [-0.15, -0.1) is 0 Å². The Hall–Kier alpha value is -7.48. The highest BCUT2D eigenvalue weighted by Crippen LogP contribution is 2.58. The highest BCUT2D eigenvalue weighted by atomic mass is 15.1. The summed E-state index contributed by atoms with van der Waals surface area (Å²) < 4.78 is 0. The van der Waals surface area contributed by atoms with Crippen LogP contribution in [0.2, 0.25) is 0 Å². The highest BCUT2D eigenvalue weighted by Gasteiger charge is 2.48. The van der Waals surface area contributed by atoms with Gasteiger partial charge in [0.2, 0.25) is 0 Å². The maximum Gasteiger partial charge on any atom is 0.0707 e. The molecule has 66 heavy (non-hydrogen) atoms. The average Bonchev–Trinajstić information content (AvgIpc) is 3.68. The van der Waals surface area contributed by atoms with Crippen LogP contribution in [0.25, 0.3) is 50.1 Å². The lowest BCUT2D eigenvalue weighted by Gasteiger charge is -2.37. The second-order valence-corrected chi connectivity index (χ2v) is 18.1. The first-order chi connectivity index (χ1) is 32.6. The Bertz CT molecular complexity index is 3210. The Kier molecular flexibility index (Phi) is 11.1. The van der Waals surface area contributed by atoms with Crippen molar-refractivity contribution < 1.29 is 0 Å². The van der Waals surface area contributed by atoms with Crippen molar-refractivity contribution in [3.63, 3.8) is 0 Å². The van der Waals surface area contributed by atoms with Crippen LogP contribution in [0.1, 0.15) is 66.8 Å².